The summed E-state index contributed by atoms with van der Waals surface area (Å²) in [5.74, 6) is 1.65. The van der Waals surface area contributed by atoms with Gasteiger partial charge in [-0.3, -0.25) is 4.79 Å². The molecule has 0 aliphatic carbocycles. The summed E-state index contributed by atoms with van der Waals surface area (Å²) in [6, 6.07) is 7.41. The van der Waals surface area contributed by atoms with Gasteiger partial charge >= 0.3 is 0 Å². The lowest BCUT2D eigenvalue weighted by Gasteiger charge is -2.09. The van der Waals surface area contributed by atoms with Gasteiger partial charge in [-0.05, 0) is 19.1 Å². The Morgan fingerprint density at radius 1 is 1.17 bits per heavy atom. The van der Waals surface area contributed by atoms with Crippen LogP contribution in [0.3, 0.4) is 0 Å². The molecule has 0 aliphatic heterocycles. The first-order chi connectivity index (χ1) is 11.5. The van der Waals surface area contributed by atoms with E-state index in [-0.39, 0.29) is 5.56 Å². The van der Waals surface area contributed by atoms with E-state index in [4.69, 9.17) is 9.47 Å². The molecule has 0 fully saturated rings. The second-order valence-electron chi connectivity index (χ2n) is 5.64. The predicted octanol–water partition coefficient (Wildman–Crippen LogP) is 1.89. The Bertz CT molecular complexity index is 964. The highest BCUT2D eigenvalue weighted by molar-refractivity contribution is 5.81. The largest absolute Gasteiger partial charge is 0.493 e. The average molecular weight is 326 g/mol. The minimum atomic E-state index is -0.193. The van der Waals surface area contributed by atoms with Crippen molar-refractivity contribution < 1.29 is 14.0 Å². The maximum Gasteiger partial charge on any atom is 0.259 e. The van der Waals surface area contributed by atoms with Crippen LogP contribution in [0.5, 0.6) is 11.5 Å². The van der Waals surface area contributed by atoms with E-state index in [9.17, 15) is 4.79 Å². The molecule has 6 nitrogen and oxygen atoms in total. The number of methoxy groups -OCH3 is 2. The van der Waals surface area contributed by atoms with Gasteiger partial charge in [-0.2, -0.15) is 4.57 Å². The molecular weight excluding hydrogens is 306 g/mol. The molecule has 0 bridgehead atoms. The van der Waals surface area contributed by atoms with Crippen LogP contribution in [-0.4, -0.2) is 24.2 Å². The Kier molecular flexibility index (Phi) is 4.20. The van der Waals surface area contributed by atoms with Gasteiger partial charge in [0.2, 0.25) is 6.54 Å². The number of aromatic amines is 1. The molecule has 0 amide bonds. The molecule has 6 heteroatoms. The number of nitrogens with one attached hydrogen (secondary N) is 1. The van der Waals surface area contributed by atoms with E-state index >= 15 is 0 Å². The zero-order valence-corrected chi connectivity index (χ0v) is 14.2. The normalized spacial score (nSPS) is 10.8. The van der Waals surface area contributed by atoms with Gasteiger partial charge in [0.1, 0.15) is 0 Å². The van der Waals surface area contributed by atoms with Crippen LogP contribution in [0.4, 0.5) is 0 Å². The third-order valence-electron chi connectivity index (χ3n) is 4.19. The monoisotopic (exact) mass is 326 g/mol. The minimum absolute atomic E-state index is 0.193. The summed E-state index contributed by atoms with van der Waals surface area (Å²) in [4.78, 5) is 19.8. The summed E-state index contributed by atoms with van der Waals surface area (Å²) in [6.45, 7) is 4.59. The number of ether oxygens (including phenoxy) is 2. The van der Waals surface area contributed by atoms with Crippen molar-refractivity contribution >= 4 is 10.9 Å². The third kappa shape index (κ3) is 2.82. The number of fused-ring (bicyclic) bond motifs is 1. The second-order valence-corrected chi connectivity index (χ2v) is 5.64. The number of pyridine rings is 1. The summed E-state index contributed by atoms with van der Waals surface area (Å²) in [7, 11) is 3.10. The smallest absolute Gasteiger partial charge is 0.259 e. The van der Waals surface area contributed by atoms with Gasteiger partial charge in [0.05, 0.1) is 25.1 Å². The standard InChI is InChI=1S/C18H19N3O3/c1-11-6-5-7-21(12(11)2)10-17-19-14-9-16(24-4)15(23-3)8-13(14)18(22)20-17/h5-9H,10H2,1-4H3/p+1. The molecule has 0 unspecified atom stereocenters. The van der Waals surface area contributed by atoms with Gasteiger partial charge in [0.25, 0.3) is 5.56 Å². The Labute approximate surface area is 139 Å². The van der Waals surface area contributed by atoms with Crippen molar-refractivity contribution in [1.29, 1.82) is 0 Å². The second kappa shape index (κ2) is 6.31. The number of hydrogen-bond donors (Lipinski definition) is 1. The van der Waals surface area contributed by atoms with E-state index in [0.29, 0.717) is 34.8 Å². The molecule has 0 radical (unpaired) electrons. The minimum Gasteiger partial charge on any atom is -0.493 e. The number of rotatable bonds is 4. The highest BCUT2D eigenvalue weighted by Crippen LogP contribution is 2.29. The molecule has 1 N–H and O–H groups in total. The van der Waals surface area contributed by atoms with Crippen molar-refractivity contribution in [2.24, 2.45) is 0 Å². The maximum absolute atomic E-state index is 12.4. The predicted molar refractivity (Wildman–Crippen MR) is 90.7 cm³/mol. The van der Waals surface area contributed by atoms with Crippen LogP contribution in [0.25, 0.3) is 10.9 Å². The van der Waals surface area contributed by atoms with Crippen molar-refractivity contribution in [2.45, 2.75) is 20.4 Å². The van der Waals surface area contributed by atoms with E-state index < -0.39 is 0 Å². The lowest BCUT2D eigenvalue weighted by atomic mass is 10.2. The summed E-state index contributed by atoms with van der Waals surface area (Å²) < 4.78 is 12.6. The Balaban J connectivity index is 2.10. The zero-order valence-electron chi connectivity index (χ0n) is 14.2. The fraction of sp³-hybridized carbons (Fsp3) is 0.278. The van der Waals surface area contributed by atoms with E-state index in [1.54, 1.807) is 19.2 Å². The fourth-order valence-corrected chi connectivity index (χ4v) is 2.67. The van der Waals surface area contributed by atoms with Crippen molar-refractivity contribution in [3.8, 4) is 11.5 Å². The van der Waals surface area contributed by atoms with Crippen LogP contribution >= 0.6 is 0 Å². The average Bonchev–Trinajstić information content (AvgIpc) is 2.58. The van der Waals surface area contributed by atoms with Gasteiger partial charge in [0, 0.05) is 24.6 Å². The van der Waals surface area contributed by atoms with Crippen molar-refractivity contribution in [2.75, 3.05) is 14.2 Å². The topological polar surface area (TPSA) is 68.1 Å². The lowest BCUT2D eigenvalue weighted by molar-refractivity contribution is -0.695. The van der Waals surface area contributed by atoms with Crippen molar-refractivity contribution in [3.63, 3.8) is 0 Å². The molecule has 3 rings (SSSR count). The Morgan fingerprint density at radius 3 is 2.58 bits per heavy atom. The van der Waals surface area contributed by atoms with E-state index in [0.717, 1.165) is 5.69 Å². The first-order valence-corrected chi connectivity index (χ1v) is 7.64. The van der Waals surface area contributed by atoms with E-state index in [2.05, 4.69) is 27.5 Å². The highest BCUT2D eigenvalue weighted by Gasteiger charge is 2.14. The number of benzene rings is 1. The van der Waals surface area contributed by atoms with E-state index in [1.165, 1.54) is 12.7 Å². The van der Waals surface area contributed by atoms with Crippen LogP contribution in [0, 0.1) is 13.8 Å². The summed E-state index contributed by atoms with van der Waals surface area (Å²) >= 11 is 0. The Hall–Kier alpha value is -2.89. The summed E-state index contributed by atoms with van der Waals surface area (Å²) in [5.41, 5.74) is 2.71. The van der Waals surface area contributed by atoms with Crippen LogP contribution < -0.4 is 19.6 Å². The zero-order chi connectivity index (χ0) is 17.3. The number of nitrogens with zero attached hydrogens (tertiary/aromatic N) is 2. The third-order valence-corrected chi connectivity index (χ3v) is 4.19. The molecule has 24 heavy (non-hydrogen) atoms. The fourth-order valence-electron chi connectivity index (χ4n) is 2.67. The maximum atomic E-state index is 12.4. The van der Waals surface area contributed by atoms with Gasteiger partial charge in [0.15, 0.2) is 29.2 Å². The lowest BCUT2D eigenvalue weighted by Crippen LogP contribution is -2.39. The SMILES string of the molecule is COc1cc2nc(C[n+]3cccc(C)c3C)[nH]c(=O)c2cc1OC. The molecule has 1 aromatic carbocycles. The Morgan fingerprint density at radius 2 is 1.88 bits per heavy atom. The van der Waals surface area contributed by atoms with Gasteiger partial charge in [-0.15, -0.1) is 0 Å². The first-order valence-electron chi connectivity index (χ1n) is 7.64. The van der Waals surface area contributed by atoms with Crippen molar-refractivity contribution in [3.05, 3.63) is 57.9 Å². The molecule has 0 spiro atoms. The molecule has 2 aromatic heterocycles. The number of hydrogen-bond acceptors (Lipinski definition) is 4. The van der Waals surface area contributed by atoms with Crippen LogP contribution in [0.2, 0.25) is 0 Å². The quantitative estimate of drug-likeness (QED) is 0.744. The molecule has 3 aromatic rings. The molecule has 2 heterocycles. The number of H-pyrrole nitrogens is 1. The van der Waals surface area contributed by atoms with Crippen molar-refractivity contribution in [1.82, 2.24) is 9.97 Å². The molecule has 0 saturated heterocycles. The van der Waals surface area contributed by atoms with Gasteiger partial charge < -0.3 is 14.5 Å². The first kappa shape index (κ1) is 16.0. The summed E-state index contributed by atoms with van der Waals surface area (Å²) in [6.07, 6.45) is 1.97. The molecule has 0 aliphatic rings. The molecule has 124 valence electrons. The van der Waals surface area contributed by atoms with Crippen LogP contribution in [-0.2, 0) is 6.54 Å². The highest BCUT2D eigenvalue weighted by atomic mass is 16.5. The van der Waals surface area contributed by atoms with Crippen LogP contribution in [0.1, 0.15) is 17.1 Å². The summed E-state index contributed by atoms with van der Waals surface area (Å²) in [5, 5.41) is 0.474. The molecular formula is C18H20N3O3+. The van der Waals surface area contributed by atoms with Crippen LogP contribution in [0.15, 0.2) is 35.3 Å². The molecule has 0 saturated carbocycles. The van der Waals surface area contributed by atoms with E-state index in [1.807, 2.05) is 19.2 Å². The number of aromatic nitrogens is 3. The van der Waals surface area contributed by atoms with Gasteiger partial charge in [-0.1, -0.05) is 0 Å². The molecule has 0 atom stereocenters. The number of aryl methyl sites for hydroxylation is 1. The van der Waals surface area contributed by atoms with Gasteiger partial charge in [-0.25, -0.2) is 4.98 Å².